The largest absolute Gasteiger partial charge is 0.325 e. The summed E-state index contributed by atoms with van der Waals surface area (Å²) in [4.78, 5) is 12.2. The highest BCUT2D eigenvalue weighted by Gasteiger charge is 2.10. The molecule has 2 aromatic carbocycles. The van der Waals surface area contributed by atoms with Crippen LogP contribution in [0.25, 0.3) is 0 Å². The van der Waals surface area contributed by atoms with Crippen molar-refractivity contribution in [3.05, 3.63) is 64.7 Å². The smallest absolute Gasteiger partial charge is 0.228 e. The van der Waals surface area contributed by atoms with E-state index in [4.69, 9.17) is 0 Å². The minimum atomic E-state index is 0.0447. The molecule has 20 heavy (non-hydrogen) atoms. The second-order valence-electron chi connectivity index (χ2n) is 5.11. The Labute approximate surface area is 120 Å². The average Bonchev–Trinajstić information content (AvgIpc) is 2.43. The summed E-state index contributed by atoms with van der Waals surface area (Å²) >= 11 is 0. The molecule has 0 fully saturated rings. The van der Waals surface area contributed by atoms with E-state index in [9.17, 15) is 4.79 Å². The molecule has 2 nitrogen and oxygen atoms in total. The van der Waals surface area contributed by atoms with Crippen LogP contribution in [0.5, 0.6) is 0 Å². The minimum absolute atomic E-state index is 0.0447. The van der Waals surface area contributed by atoms with Crippen LogP contribution in [0.4, 0.5) is 5.69 Å². The molecule has 1 amide bonds. The Hall–Kier alpha value is -2.09. The number of aryl methyl sites for hydroxylation is 3. The zero-order valence-electron chi connectivity index (χ0n) is 12.4. The second-order valence-corrected chi connectivity index (χ2v) is 5.11. The molecule has 0 aromatic heterocycles. The molecule has 0 atom stereocenters. The number of nitrogens with one attached hydrogen (secondary N) is 1. The number of para-hydroxylation sites is 1. The summed E-state index contributed by atoms with van der Waals surface area (Å²) in [6.07, 6.45) is 1.34. The van der Waals surface area contributed by atoms with Crippen LogP contribution in [-0.2, 0) is 17.6 Å². The van der Waals surface area contributed by atoms with Crippen LogP contribution >= 0.6 is 0 Å². The lowest BCUT2D eigenvalue weighted by Gasteiger charge is -2.13. The van der Waals surface area contributed by atoms with E-state index in [2.05, 4.69) is 18.3 Å². The first-order valence-corrected chi connectivity index (χ1v) is 7.04. The van der Waals surface area contributed by atoms with Gasteiger partial charge in [0.25, 0.3) is 0 Å². The van der Waals surface area contributed by atoms with E-state index < -0.39 is 0 Å². The fourth-order valence-electron chi connectivity index (χ4n) is 2.37. The van der Waals surface area contributed by atoms with Gasteiger partial charge in [0.1, 0.15) is 0 Å². The fraction of sp³-hybridized carbons (Fsp3) is 0.278. The zero-order valence-corrected chi connectivity index (χ0v) is 12.4. The van der Waals surface area contributed by atoms with Gasteiger partial charge in [-0.2, -0.15) is 0 Å². The number of benzene rings is 2. The standard InChI is InChI=1S/C18H21NO/c1-4-15-11-7-9-14(3)18(15)19-17(20)12-16-10-6-5-8-13(16)2/h5-11H,4,12H2,1-3H3,(H,19,20). The first kappa shape index (κ1) is 14.3. The molecule has 2 aromatic rings. The highest BCUT2D eigenvalue weighted by molar-refractivity contribution is 5.94. The third kappa shape index (κ3) is 3.27. The van der Waals surface area contributed by atoms with Gasteiger partial charge in [0.2, 0.25) is 5.91 Å². The van der Waals surface area contributed by atoms with Gasteiger partial charge in [-0.1, -0.05) is 49.4 Å². The van der Waals surface area contributed by atoms with E-state index in [-0.39, 0.29) is 5.91 Å². The van der Waals surface area contributed by atoms with Crippen LogP contribution in [0.1, 0.15) is 29.2 Å². The molecular formula is C18H21NO. The Morgan fingerprint density at radius 3 is 2.30 bits per heavy atom. The number of carbonyl (C=O) groups is 1. The molecule has 0 radical (unpaired) electrons. The number of carbonyl (C=O) groups excluding carboxylic acids is 1. The monoisotopic (exact) mass is 267 g/mol. The first-order chi connectivity index (χ1) is 9.61. The Bertz CT molecular complexity index is 617. The molecular weight excluding hydrogens is 246 g/mol. The van der Waals surface area contributed by atoms with Crippen LogP contribution in [0.2, 0.25) is 0 Å². The molecule has 0 bridgehead atoms. The van der Waals surface area contributed by atoms with Crippen molar-refractivity contribution < 1.29 is 4.79 Å². The van der Waals surface area contributed by atoms with Gasteiger partial charge < -0.3 is 5.32 Å². The Morgan fingerprint density at radius 2 is 1.60 bits per heavy atom. The molecule has 2 heteroatoms. The van der Waals surface area contributed by atoms with E-state index in [1.54, 1.807) is 0 Å². The summed E-state index contributed by atoms with van der Waals surface area (Å²) in [6, 6.07) is 14.1. The number of hydrogen-bond acceptors (Lipinski definition) is 1. The third-order valence-corrected chi connectivity index (χ3v) is 3.62. The quantitative estimate of drug-likeness (QED) is 0.889. The van der Waals surface area contributed by atoms with E-state index in [1.807, 2.05) is 50.2 Å². The molecule has 0 spiro atoms. The Morgan fingerprint density at radius 1 is 0.950 bits per heavy atom. The number of anilines is 1. The van der Waals surface area contributed by atoms with E-state index in [0.717, 1.165) is 28.8 Å². The predicted molar refractivity (Wildman–Crippen MR) is 84.1 cm³/mol. The first-order valence-electron chi connectivity index (χ1n) is 7.04. The van der Waals surface area contributed by atoms with Crippen LogP contribution in [0, 0.1) is 13.8 Å². The summed E-state index contributed by atoms with van der Waals surface area (Å²) < 4.78 is 0. The predicted octanol–water partition coefficient (Wildman–Crippen LogP) is 4.05. The maximum Gasteiger partial charge on any atom is 0.228 e. The van der Waals surface area contributed by atoms with Crippen molar-refractivity contribution in [2.45, 2.75) is 33.6 Å². The topological polar surface area (TPSA) is 29.1 Å². The van der Waals surface area contributed by atoms with Gasteiger partial charge in [0.15, 0.2) is 0 Å². The average molecular weight is 267 g/mol. The van der Waals surface area contributed by atoms with E-state index in [0.29, 0.717) is 6.42 Å². The minimum Gasteiger partial charge on any atom is -0.325 e. The summed E-state index contributed by atoms with van der Waals surface area (Å²) in [7, 11) is 0. The molecule has 0 aliphatic heterocycles. The molecule has 0 aliphatic carbocycles. The normalized spacial score (nSPS) is 10.3. The van der Waals surface area contributed by atoms with Gasteiger partial charge in [0.05, 0.1) is 6.42 Å². The van der Waals surface area contributed by atoms with Gasteiger partial charge in [-0.15, -0.1) is 0 Å². The van der Waals surface area contributed by atoms with Crippen LogP contribution in [0.15, 0.2) is 42.5 Å². The molecule has 104 valence electrons. The van der Waals surface area contributed by atoms with Crippen LogP contribution in [-0.4, -0.2) is 5.91 Å². The molecule has 1 N–H and O–H groups in total. The molecule has 0 saturated heterocycles. The second kappa shape index (κ2) is 6.38. The Balaban J connectivity index is 2.15. The summed E-state index contributed by atoms with van der Waals surface area (Å²) in [6.45, 7) is 6.17. The number of amides is 1. The third-order valence-electron chi connectivity index (χ3n) is 3.62. The molecule has 0 heterocycles. The highest BCUT2D eigenvalue weighted by atomic mass is 16.1. The van der Waals surface area contributed by atoms with E-state index in [1.165, 1.54) is 5.56 Å². The molecule has 0 unspecified atom stereocenters. The van der Waals surface area contributed by atoms with Crippen molar-refractivity contribution in [2.24, 2.45) is 0 Å². The van der Waals surface area contributed by atoms with Gasteiger partial charge in [-0.3, -0.25) is 4.79 Å². The van der Waals surface area contributed by atoms with Gasteiger partial charge >= 0.3 is 0 Å². The van der Waals surface area contributed by atoms with Crippen molar-refractivity contribution in [1.29, 1.82) is 0 Å². The highest BCUT2D eigenvalue weighted by Crippen LogP contribution is 2.21. The summed E-state index contributed by atoms with van der Waals surface area (Å²) in [5.41, 5.74) is 5.50. The van der Waals surface area contributed by atoms with Crippen molar-refractivity contribution >= 4 is 11.6 Å². The lowest BCUT2D eigenvalue weighted by Crippen LogP contribution is -2.17. The van der Waals surface area contributed by atoms with Crippen molar-refractivity contribution in [3.8, 4) is 0 Å². The lowest BCUT2D eigenvalue weighted by molar-refractivity contribution is -0.115. The molecule has 2 rings (SSSR count). The van der Waals surface area contributed by atoms with Crippen molar-refractivity contribution in [3.63, 3.8) is 0 Å². The maximum absolute atomic E-state index is 12.2. The van der Waals surface area contributed by atoms with Gasteiger partial charge in [-0.05, 0) is 42.5 Å². The van der Waals surface area contributed by atoms with E-state index >= 15 is 0 Å². The fourth-order valence-corrected chi connectivity index (χ4v) is 2.37. The zero-order chi connectivity index (χ0) is 14.5. The van der Waals surface area contributed by atoms with Crippen LogP contribution < -0.4 is 5.32 Å². The van der Waals surface area contributed by atoms with Gasteiger partial charge in [0, 0.05) is 5.69 Å². The van der Waals surface area contributed by atoms with Crippen molar-refractivity contribution in [2.75, 3.05) is 5.32 Å². The molecule has 0 saturated carbocycles. The number of rotatable bonds is 4. The maximum atomic E-state index is 12.2. The van der Waals surface area contributed by atoms with Crippen molar-refractivity contribution in [1.82, 2.24) is 0 Å². The van der Waals surface area contributed by atoms with Gasteiger partial charge in [-0.25, -0.2) is 0 Å². The molecule has 0 aliphatic rings. The summed E-state index contributed by atoms with van der Waals surface area (Å²) in [5.74, 6) is 0.0447. The SMILES string of the molecule is CCc1cccc(C)c1NC(=O)Cc1ccccc1C. The van der Waals surface area contributed by atoms with Crippen LogP contribution in [0.3, 0.4) is 0 Å². The number of hydrogen-bond donors (Lipinski definition) is 1. The Kier molecular flexibility index (Phi) is 4.57. The lowest BCUT2D eigenvalue weighted by atomic mass is 10.0. The summed E-state index contributed by atoms with van der Waals surface area (Å²) in [5, 5.41) is 3.07.